The summed E-state index contributed by atoms with van der Waals surface area (Å²) < 4.78 is 18.8. The van der Waals surface area contributed by atoms with Gasteiger partial charge in [-0.1, -0.05) is 31.5 Å². The molecule has 2 fully saturated rings. The topological polar surface area (TPSA) is 55.4 Å². The molecule has 192 valence electrons. The minimum Gasteiger partial charge on any atom is -0.497 e. The molecule has 1 amide bonds. The minimum atomic E-state index is -0.286. The minimum absolute atomic E-state index is 0.00337. The molecular weight excluding hydrogens is 453 g/mol. The molecule has 0 spiro atoms. The fourth-order valence-electron chi connectivity index (χ4n) is 7.64. The number of carbonyl (C=O) groups is 2. The van der Waals surface area contributed by atoms with E-state index in [9.17, 15) is 14.0 Å². The van der Waals surface area contributed by atoms with Gasteiger partial charge in [0.15, 0.2) is 0 Å². The third-order valence-electron chi connectivity index (χ3n) is 9.39. The summed E-state index contributed by atoms with van der Waals surface area (Å²) in [6.45, 7) is 2.59. The number of unbranched alkanes of at least 4 members (excludes halogenated alkanes) is 1. The Bertz CT molecular complexity index is 1130. The number of methoxy groups -OCH3 is 1. The van der Waals surface area contributed by atoms with E-state index >= 15 is 0 Å². The van der Waals surface area contributed by atoms with Crippen molar-refractivity contribution in [2.75, 3.05) is 7.11 Å². The first-order valence-corrected chi connectivity index (χ1v) is 13.6. The molecule has 2 saturated carbocycles. The number of amides is 1. The number of hydrogen-bond donors (Lipinski definition) is 1. The Kier molecular flexibility index (Phi) is 7.18. The van der Waals surface area contributed by atoms with Gasteiger partial charge in [0.2, 0.25) is 5.91 Å². The molecular formula is C31H38FNO3. The van der Waals surface area contributed by atoms with Crippen LogP contribution in [0.15, 0.2) is 42.5 Å². The number of fused-ring (bicyclic) bond motifs is 5. The van der Waals surface area contributed by atoms with Crippen molar-refractivity contribution in [3.8, 4) is 5.75 Å². The van der Waals surface area contributed by atoms with Gasteiger partial charge in [0.1, 0.15) is 17.3 Å². The van der Waals surface area contributed by atoms with E-state index in [1.165, 1.54) is 23.3 Å². The smallest absolute Gasteiger partial charge is 0.220 e. The molecule has 3 aliphatic carbocycles. The lowest BCUT2D eigenvalue weighted by Crippen LogP contribution is -2.44. The lowest BCUT2D eigenvalue weighted by Gasteiger charge is -2.50. The zero-order valence-corrected chi connectivity index (χ0v) is 21.5. The number of carbonyl (C=O) groups excluding carboxylic acids is 2. The average Bonchev–Trinajstić information content (AvgIpc) is 3.14. The summed E-state index contributed by atoms with van der Waals surface area (Å²) in [5, 5.41) is 2.90. The van der Waals surface area contributed by atoms with Crippen LogP contribution < -0.4 is 10.1 Å². The maximum atomic E-state index is 13.3. The average molecular weight is 492 g/mol. The van der Waals surface area contributed by atoms with Crippen LogP contribution in [0, 0.1) is 29.0 Å². The van der Waals surface area contributed by atoms with Gasteiger partial charge in [-0.25, -0.2) is 4.39 Å². The van der Waals surface area contributed by atoms with E-state index in [0.717, 1.165) is 56.3 Å². The Hall–Kier alpha value is -2.69. The van der Waals surface area contributed by atoms with E-state index in [1.807, 2.05) is 6.07 Å². The number of benzene rings is 2. The molecule has 36 heavy (non-hydrogen) atoms. The fourth-order valence-corrected chi connectivity index (χ4v) is 7.64. The zero-order chi connectivity index (χ0) is 25.3. The number of halogens is 1. The molecule has 0 heterocycles. The molecule has 0 bridgehead atoms. The number of ether oxygens (including phenoxy) is 1. The predicted octanol–water partition coefficient (Wildman–Crippen LogP) is 6.36. The van der Waals surface area contributed by atoms with E-state index in [1.54, 1.807) is 13.2 Å². The maximum absolute atomic E-state index is 13.3. The predicted molar refractivity (Wildman–Crippen MR) is 138 cm³/mol. The van der Waals surface area contributed by atoms with Crippen molar-refractivity contribution in [3.05, 3.63) is 65.0 Å². The number of Topliss-reactive ketones (excluding diaryl/α,β-unsaturated/α-hetero) is 1. The summed E-state index contributed by atoms with van der Waals surface area (Å²) in [6, 6.07) is 12.9. The first-order valence-electron chi connectivity index (χ1n) is 13.6. The number of aryl methyl sites for hydroxylation is 1. The van der Waals surface area contributed by atoms with Crippen LogP contribution >= 0.6 is 0 Å². The van der Waals surface area contributed by atoms with E-state index < -0.39 is 0 Å². The second-order valence-electron chi connectivity index (χ2n) is 11.4. The molecule has 0 unspecified atom stereocenters. The van der Waals surface area contributed by atoms with E-state index in [0.29, 0.717) is 48.8 Å². The van der Waals surface area contributed by atoms with Crippen molar-refractivity contribution in [1.82, 2.24) is 5.32 Å². The summed E-state index contributed by atoms with van der Waals surface area (Å²) in [4.78, 5) is 25.5. The Labute approximate surface area is 214 Å². The van der Waals surface area contributed by atoms with Crippen LogP contribution in [-0.4, -0.2) is 18.8 Å². The molecule has 5 rings (SSSR count). The highest BCUT2D eigenvalue weighted by atomic mass is 19.1. The lowest BCUT2D eigenvalue weighted by atomic mass is 9.54. The summed E-state index contributed by atoms with van der Waals surface area (Å²) in [6.07, 6.45) is 8.27. The fraction of sp³-hybridized carbons (Fsp3) is 0.548. The van der Waals surface area contributed by atoms with Gasteiger partial charge < -0.3 is 10.1 Å². The maximum Gasteiger partial charge on any atom is 0.220 e. The standard InChI is InChI=1S/C31H38FNO3/c1-31-15-14-26-25-13-11-24(36-2)17-21(25)10-12-27(26)30(31)22(18-28(31)34)7-3-4-9-29(35)33-19-20-6-5-8-23(32)16-20/h5-6,8,11,13,16-17,22,26-27,30H,3-4,7,9-10,12,14-15,18-19H2,1-2H3,(H,33,35)/t22-,26-,27-,30+,31-/m1/s1. The van der Waals surface area contributed by atoms with Crippen molar-refractivity contribution in [3.63, 3.8) is 0 Å². The summed E-state index contributed by atoms with van der Waals surface area (Å²) in [5.41, 5.74) is 3.48. The quantitative estimate of drug-likeness (QED) is 0.437. The SMILES string of the molecule is COc1ccc2c(c1)CC[C@H]1[C@@H]3[C@H](CCCCC(=O)NCc4cccc(F)c4)CC(=O)[C@@]3(C)CC[C@H]21. The van der Waals surface area contributed by atoms with Crippen LogP contribution in [0.3, 0.4) is 0 Å². The second-order valence-corrected chi connectivity index (χ2v) is 11.4. The van der Waals surface area contributed by atoms with Gasteiger partial charge in [-0.2, -0.15) is 0 Å². The van der Waals surface area contributed by atoms with Crippen LogP contribution in [0.4, 0.5) is 4.39 Å². The highest BCUT2D eigenvalue weighted by Crippen LogP contribution is 2.62. The van der Waals surface area contributed by atoms with Gasteiger partial charge in [0.05, 0.1) is 7.11 Å². The van der Waals surface area contributed by atoms with Crippen LogP contribution in [0.25, 0.3) is 0 Å². The molecule has 0 radical (unpaired) electrons. The van der Waals surface area contributed by atoms with Crippen molar-refractivity contribution in [1.29, 1.82) is 0 Å². The summed E-state index contributed by atoms with van der Waals surface area (Å²) in [7, 11) is 1.72. The van der Waals surface area contributed by atoms with Gasteiger partial charge in [-0.3, -0.25) is 9.59 Å². The van der Waals surface area contributed by atoms with Crippen molar-refractivity contribution in [2.45, 2.75) is 77.2 Å². The van der Waals surface area contributed by atoms with E-state index in [-0.39, 0.29) is 17.1 Å². The van der Waals surface area contributed by atoms with Crippen LogP contribution in [0.1, 0.15) is 80.9 Å². The van der Waals surface area contributed by atoms with Gasteiger partial charge in [-0.05, 0) is 103 Å². The second kappa shape index (κ2) is 10.4. The molecule has 2 aromatic carbocycles. The highest BCUT2D eigenvalue weighted by Gasteiger charge is 2.58. The van der Waals surface area contributed by atoms with E-state index in [2.05, 4.69) is 30.4 Å². The largest absolute Gasteiger partial charge is 0.497 e. The third-order valence-corrected chi connectivity index (χ3v) is 9.39. The van der Waals surface area contributed by atoms with Gasteiger partial charge >= 0.3 is 0 Å². The van der Waals surface area contributed by atoms with Gasteiger partial charge in [-0.15, -0.1) is 0 Å². The molecule has 0 saturated heterocycles. The lowest BCUT2D eigenvalue weighted by molar-refractivity contribution is -0.129. The zero-order valence-electron chi connectivity index (χ0n) is 21.5. The Morgan fingerprint density at radius 3 is 2.83 bits per heavy atom. The van der Waals surface area contributed by atoms with Crippen LogP contribution in [-0.2, 0) is 22.6 Å². The van der Waals surface area contributed by atoms with E-state index in [4.69, 9.17) is 4.74 Å². The number of nitrogens with one attached hydrogen (secondary N) is 1. The van der Waals surface area contributed by atoms with Crippen LogP contribution in [0.5, 0.6) is 5.75 Å². The molecule has 0 aromatic heterocycles. The summed E-state index contributed by atoms with van der Waals surface area (Å²) in [5.74, 6) is 3.09. The molecule has 5 atom stereocenters. The normalized spacial score (nSPS) is 28.7. The van der Waals surface area contributed by atoms with Crippen LogP contribution in [0.2, 0.25) is 0 Å². The highest BCUT2D eigenvalue weighted by molar-refractivity contribution is 5.87. The Morgan fingerprint density at radius 2 is 2.03 bits per heavy atom. The van der Waals surface area contributed by atoms with Gasteiger partial charge in [0.25, 0.3) is 0 Å². The Morgan fingerprint density at radius 1 is 1.17 bits per heavy atom. The third kappa shape index (κ3) is 4.81. The first-order chi connectivity index (χ1) is 17.4. The monoisotopic (exact) mass is 491 g/mol. The molecule has 0 aliphatic heterocycles. The molecule has 2 aromatic rings. The van der Waals surface area contributed by atoms with Crippen molar-refractivity contribution < 1.29 is 18.7 Å². The molecule has 3 aliphatic rings. The number of hydrogen-bond acceptors (Lipinski definition) is 3. The Balaban J connectivity index is 1.18. The molecule has 5 heteroatoms. The summed E-state index contributed by atoms with van der Waals surface area (Å²) >= 11 is 0. The number of ketones is 1. The molecule has 4 nitrogen and oxygen atoms in total. The van der Waals surface area contributed by atoms with Gasteiger partial charge in [0, 0.05) is 24.8 Å². The number of rotatable bonds is 8. The van der Waals surface area contributed by atoms with Crippen molar-refractivity contribution in [2.24, 2.45) is 23.2 Å². The van der Waals surface area contributed by atoms with Crippen molar-refractivity contribution >= 4 is 11.7 Å². The molecule has 1 N–H and O–H groups in total. The first kappa shape index (κ1) is 25.0.